The number of hydrogen-bond acceptors (Lipinski definition) is 14. The molecule has 0 saturated heterocycles. The molecule has 2 atom stereocenters. The Morgan fingerprint density at radius 3 is 1.14 bits per heavy atom. The Morgan fingerprint density at radius 1 is 0.487 bits per heavy atom. The second kappa shape index (κ2) is 32.2. The highest BCUT2D eigenvalue weighted by Gasteiger charge is 2.27. The van der Waals surface area contributed by atoms with Gasteiger partial charge in [0.15, 0.2) is 0 Å². The van der Waals surface area contributed by atoms with Crippen molar-refractivity contribution >= 4 is 69.0 Å². The first-order chi connectivity index (χ1) is 37.0. The molecule has 78 heavy (non-hydrogen) atoms. The standard InChI is InChI=1S/C54H72N10O12S2/c1-53(2,3)75-51(69)57-29-27-55-47(65)45(37-41-17-21-43(22-18-41)63(71)72)59-49(67)61(31-25-39-13-9-7-10-14-39)33-35-77-78-36-34-62(32-26-40-15-11-8-12-16-40)50(68)60-46(38-42-19-23-44(24-20-42)64(73)74)48(66)56-28-30-58-52(70)76-54(4,5)6/h7-24,45-46H,25-38H2,1-6H3,(H,55,65)(H,56,66)(H,57,69)(H,58,70)(H,59,67)(H,60,68)/t45-,46-/m1/s1. The monoisotopic (exact) mass is 1120 g/mol. The molecule has 0 radical (unpaired) electrons. The number of urea groups is 2. The van der Waals surface area contributed by atoms with Crippen LogP contribution in [0.2, 0.25) is 0 Å². The fourth-order valence-corrected chi connectivity index (χ4v) is 9.29. The maximum atomic E-state index is 14.2. The number of alkyl carbamates (subject to hydrolysis) is 2. The van der Waals surface area contributed by atoms with Crippen molar-refractivity contribution in [3.8, 4) is 0 Å². The number of ether oxygens (including phenoxy) is 2. The first kappa shape index (κ1) is 62.9. The van der Waals surface area contributed by atoms with Crippen LogP contribution in [0.5, 0.6) is 0 Å². The van der Waals surface area contributed by atoms with Gasteiger partial charge in [-0.15, -0.1) is 0 Å². The third kappa shape index (κ3) is 25.0. The largest absolute Gasteiger partial charge is 0.444 e. The lowest BCUT2D eigenvalue weighted by atomic mass is 10.0. The minimum Gasteiger partial charge on any atom is -0.444 e. The summed E-state index contributed by atoms with van der Waals surface area (Å²) in [7, 11) is 2.97. The van der Waals surface area contributed by atoms with Crippen molar-refractivity contribution in [3.63, 3.8) is 0 Å². The molecule has 0 unspecified atom stereocenters. The number of benzene rings is 4. The smallest absolute Gasteiger partial charge is 0.407 e. The van der Waals surface area contributed by atoms with Gasteiger partial charge in [0.1, 0.15) is 23.3 Å². The van der Waals surface area contributed by atoms with Crippen LogP contribution in [0.15, 0.2) is 109 Å². The van der Waals surface area contributed by atoms with E-state index in [9.17, 15) is 49.0 Å². The van der Waals surface area contributed by atoms with Gasteiger partial charge in [-0.2, -0.15) is 0 Å². The molecule has 0 aliphatic heterocycles. The normalized spacial score (nSPS) is 11.9. The van der Waals surface area contributed by atoms with Gasteiger partial charge in [-0.05, 0) is 76.6 Å². The number of hydrogen-bond donors (Lipinski definition) is 6. The van der Waals surface area contributed by atoms with E-state index in [1.165, 1.54) is 70.1 Å². The molecule has 0 heterocycles. The molecule has 22 nitrogen and oxygen atoms in total. The summed E-state index contributed by atoms with van der Waals surface area (Å²) >= 11 is 0. The maximum Gasteiger partial charge on any atom is 0.407 e. The van der Waals surface area contributed by atoms with Gasteiger partial charge in [0, 0.05) is 101 Å². The zero-order valence-corrected chi connectivity index (χ0v) is 46.6. The first-order valence-corrected chi connectivity index (χ1v) is 27.9. The molecule has 8 amide bonds. The van der Waals surface area contributed by atoms with Crippen molar-refractivity contribution < 1.29 is 48.1 Å². The van der Waals surface area contributed by atoms with E-state index in [0.717, 1.165) is 11.1 Å². The van der Waals surface area contributed by atoms with Crippen LogP contribution in [0.4, 0.5) is 30.6 Å². The van der Waals surface area contributed by atoms with Gasteiger partial charge in [0.05, 0.1) is 9.85 Å². The van der Waals surface area contributed by atoms with Gasteiger partial charge in [0.2, 0.25) is 11.8 Å². The molecule has 0 aliphatic rings. The van der Waals surface area contributed by atoms with E-state index in [2.05, 4.69) is 31.9 Å². The van der Waals surface area contributed by atoms with E-state index in [0.29, 0.717) is 48.6 Å². The molecule has 24 heteroatoms. The van der Waals surface area contributed by atoms with Crippen molar-refractivity contribution in [2.24, 2.45) is 0 Å². The predicted octanol–water partition coefficient (Wildman–Crippen LogP) is 7.20. The van der Waals surface area contributed by atoms with Crippen LogP contribution < -0.4 is 31.9 Å². The minimum atomic E-state index is -1.10. The molecule has 4 rings (SSSR count). The summed E-state index contributed by atoms with van der Waals surface area (Å²) in [5.74, 6) is -0.155. The number of carbonyl (C=O) groups excluding carboxylic acids is 6. The molecule has 0 fully saturated rings. The maximum absolute atomic E-state index is 14.2. The van der Waals surface area contributed by atoms with Crippen LogP contribution in [0.1, 0.15) is 63.8 Å². The van der Waals surface area contributed by atoms with Crippen LogP contribution in [-0.4, -0.2) is 143 Å². The van der Waals surface area contributed by atoms with Crippen LogP contribution in [0, 0.1) is 20.2 Å². The Labute approximate surface area is 463 Å². The Kier molecular flexibility index (Phi) is 26.0. The molecular formula is C54H72N10O12S2. The molecule has 0 saturated carbocycles. The first-order valence-electron chi connectivity index (χ1n) is 25.4. The summed E-state index contributed by atoms with van der Waals surface area (Å²) in [5.41, 5.74) is 1.42. The number of rotatable bonds is 29. The van der Waals surface area contributed by atoms with Gasteiger partial charge < -0.3 is 51.2 Å². The van der Waals surface area contributed by atoms with E-state index in [-0.39, 0.29) is 63.5 Å². The Hall–Kier alpha value is -7.60. The van der Waals surface area contributed by atoms with Crippen LogP contribution in [0.3, 0.4) is 0 Å². The molecule has 0 bridgehead atoms. The van der Waals surface area contributed by atoms with Crippen molar-refractivity contribution in [1.82, 2.24) is 41.7 Å². The number of nitro groups is 2. The van der Waals surface area contributed by atoms with Crippen LogP contribution in [0.25, 0.3) is 0 Å². The van der Waals surface area contributed by atoms with Crippen molar-refractivity contribution in [1.29, 1.82) is 0 Å². The number of carbonyl (C=O) groups is 6. The summed E-state index contributed by atoms with van der Waals surface area (Å²) in [5, 5.41) is 39.2. The molecule has 0 aliphatic carbocycles. The molecule has 4 aromatic carbocycles. The van der Waals surface area contributed by atoms with E-state index in [1.54, 1.807) is 51.3 Å². The zero-order chi connectivity index (χ0) is 57.1. The summed E-state index contributed by atoms with van der Waals surface area (Å²) in [6.45, 7) is 11.6. The van der Waals surface area contributed by atoms with Crippen LogP contribution >= 0.6 is 21.6 Å². The van der Waals surface area contributed by atoms with Gasteiger partial charge >= 0.3 is 24.2 Å². The summed E-state index contributed by atoms with van der Waals surface area (Å²) in [4.78, 5) is 105. The van der Waals surface area contributed by atoms with Crippen molar-refractivity contribution in [2.45, 2.75) is 90.5 Å². The molecule has 0 spiro atoms. The van der Waals surface area contributed by atoms with Gasteiger partial charge in [-0.25, -0.2) is 19.2 Å². The quantitative estimate of drug-likeness (QED) is 0.0136. The Balaban J connectivity index is 1.44. The highest BCUT2D eigenvalue weighted by Crippen LogP contribution is 2.22. The molecule has 422 valence electrons. The fourth-order valence-electron chi connectivity index (χ4n) is 7.31. The topological polar surface area (TPSA) is 286 Å². The average Bonchev–Trinajstić information content (AvgIpc) is 3.38. The van der Waals surface area contributed by atoms with Crippen molar-refractivity contribution in [2.75, 3.05) is 63.9 Å². The number of non-ortho nitro benzene ring substituents is 2. The highest BCUT2D eigenvalue weighted by atomic mass is 33.1. The molecule has 6 N–H and O–H groups in total. The van der Waals surface area contributed by atoms with E-state index in [4.69, 9.17) is 9.47 Å². The Bertz CT molecular complexity index is 2390. The van der Waals surface area contributed by atoms with E-state index < -0.39 is 69.2 Å². The fraction of sp³-hybridized carbons (Fsp3) is 0.444. The molecular weight excluding hydrogens is 1040 g/mol. The number of amides is 8. The SMILES string of the molecule is CC(C)(C)OC(=O)NCCNC(=O)[C@@H](Cc1ccc([N+](=O)[O-])cc1)NC(=O)N(CCSSCCN(CCc1ccccc1)C(=O)N[C@H](Cc1ccc([N+](=O)[O-])cc1)C(=O)NCCNC(=O)OC(C)(C)C)CCc1ccccc1. The summed E-state index contributed by atoms with van der Waals surface area (Å²) < 4.78 is 10.5. The summed E-state index contributed by atoms with van der Waals surface area (Å²) in [6, 6.07) is 27.4. The van der Waals surface area contributed by atoms with Crippen molar-refractivity contribution in [3.05, 3.63) is 152 Å². The lowest BCUT2D eigenvalue weighted by Gasteiger charge is -2.27. The third-order valence-corrected chi connectivity index (χ3v) is 13.5. The summed E-state index contributed by atoms with van der Waals surface area (Å²) in [6.07, 6.45) is -0.265. The van der Waals surface area contributed by atoms with Crippen LogP contribution in [-0.2, 0) is 44.7 Å². The van der Waals surface area contributed by atoms with Gasteiger partial charge in [0.25, 0.3) is 11.4 Å². The van der Waals surface area contributed by atoms with Gasteiger partial charge in [-0.1, -0.05) is 107 Å². The second-order valence-electron chi connectivity index (χ2n) is 19.8. The number of nitro benzene ring substituents is 2. The van der Waals surface area contributed by atoms with E-state index >= 15 is 0 Å². The lowest BCUT2D eigenvalue weighted by molar-refractivity contribution is -0.385. The third-order valence-electron chi connectivity index (χ3n) is 11.2. The van der Waals surface area contributed by atoms with Gasteiger partial charge in [-0.3, -0.25) is 29.8 Å². The number of nitrogens with one attached hydrogen (secondary N) is 6. The minimum absolute atomic E-state index is 0.0102. The second-order valence-corrected chi connectivity index (χ2v) is 22.5. The predicted molar refractivity (Wildman–Crippen MR) is 301 cm³/mol. The molecule has 0 aromatic heterocycles. The number of nitrogens with zero attached hydrogens (tertiary/aromatic N) is 4. The Morgan fingerprint density at radius 2 is 0.821 bits per heavy atom. The average molecular weight is 1120 g/mol. The lowest BCUT2D eigenvalue weighted by Crippen LogP contribution is -2.53. The highest BCUT2D eigenvalue weighted by molar-refractivity contribution is 8.76. The zero-order valence-electron chi connectivity index (χ0n) is 45.0. The van der Waals surface area contributed by atoms with E-state index in [1.807, 2.05) is 60.7 Å². The molecule has 4 aromatic rings.